The molecule has 138 valence electrons. The molecule has 0 saturated heterocycles. The van der Waals surface area contributed by atoms with Gasteiger partial charge in [-0.05, 0) is 44.4 Å². The molecule has 0 spiro atoms. The van der Waals surface area contributed by atoms with Crippen molar-refractivity contribution in [3.8, 4) is 11.5 Å². The van der Waals surface area contributed by atoms with Crippen LogP contribution in [0.4, 0.5) is 4.79 Å². The van der Waals surface area contributed by atoms with Crippen molar-refractivity contribution in [3.63, 3.8) is 0 Å². The monoisotopic (exact) mass is 349 g/mol. The lowest BCUT2D eigenvalue weighted by Gasteiger charge is -2.19. The van der Waals surface area contributed by atoms with Gasteiger partial charge in [0.05, 0.1) is 0 Å². The highest BCUT2D eigenvalue weighted by molar-refractivity contribution is 5.86. The number of hydrogen-bond acceptors (Lipinski definition) is 4. The van der Waals surface area contributed by atoms with Crippen molar-refractivity contribution >= 4 is 11.9 Å². The molecule has 0 fully saturated rings. The van der Waals surface area contributed by atoms with Crippen molar-refractivity contribution in [2.24, 2.45) is 0 Å². The number of carbonyl (C=O) groups is 2. The fraction of sp³-hybridized carbons (Fsp3) is 0.556. The van der Waals surface area contributed by atoms with Crippen LogP contribution in [0.25, 0.3) is 0 Å². The summed E-state index contributed by atoms with van der Waals surface area (Å²) in [6.45, 7) is 7.17. The minimum Gasteiger partial charge on any atom is -0.486 e. The van der Waals surface area contributed by atoms with E-state index < -0.39 is 6.04 Å². The summed E-state index contributed by atoms with van der Waals surface area (Å²) in [5.74, 6) is 1.31. The first kappa shape index (κ1) is 18.9. The maximum Gasteiger partial charge on any atom is 0.315 e. The summed E-state index contributed by atoms with van der Waals surface area (Å²) < 4.78 is 11.0. The van der Waals surface area contributed by atoms with E-state index in [4.69, 9.17) is 9.47 Å². The van der Waals surface area contributed by atoms with Crippen LogP contribution in [0.15, 0.2) is 18.2 Å². The van der Waals surface area contributed by atoms with Crippen LogP contribution in [0.5, 0.6) is 11.5 Å². The van der Waals surface area contributed by atoms with E-state index >= 15 is 0 Å². The Hall–Kier alpha value is -2.44. The maximum absolute atomic E-state index is 11.9. The van der Waals surface area contributed by atoms with E-state index in [1.165, 1.54) is 0 Å². The molecule has 2 atom stereocenters. The van der Waals surface area contributed by atoms with E-state index in [-0.39, 0.29) is 18.0 Å². The fourth-order valence-corrected chi connectivity index (χ4v) is 2.35. The summed E-state index contributed by atoms with van der Waals surface area (Å²) in [7, 11) is 0. The zero-order chi connectivity index (χ0) is 18.2. The van der Waals surface area contributed by atoms with Crippen LogP contribution >= 0.6 is 0 Å². The summed E-state index contributed by atoms with van der Waals surface area (Å²) in [6.07, 6.45) is 1.51. The first-order chi connectivity index (χ1) is 12.0. The lowest BCUT2D eigenvalue weighted by Crippen LogP contribution is -2.50. The lowest BCUT2D eigenvalue weighted by molar-refractivity contribution is -0.123. The predicted octanol–water partition coefficient (Wildman–Crippen LogP) is 1.60. The number of amides is 3. The van der Waals surface area contributed by atoms with Gasteiger partial charge in [0.25, 0.3) is 0 Å². The van der Waals surface area contributed by atoms with E-state index in [1.54, 1.807) is 6.92 Å². The van der Waals surface area contributed by atoms with Crippen LogP contribution in [0.3, 0.4) is 0 Å². The zero-order valence-corrected chi connectivity index (χ0v) is 15.1. The van der Waals surface area contributed by atoms with Crippen molar-refractivity contribution in [2.75, 3.05) is 19.8 Å². The second kappa shape index (κ2) is 9.15. The minimum atomic E-state index is -0.580. The molecule has 1 aromatic rings. The molecule has 3 N–H and O–H groups in total. The SMILES string of the molecule is CC[C@H](C)NC(=O)[C@H](C)NC(=O)NCCc1ccc2c(c1)OCCO2. The molecule has 1 aliphatic heterocycles. The molecule has 1 heterocycles. The molecule has 0 bridgehead atoms. The first-order valence-electron chi connectivity index (χ1n) is 8.73. The van der Waals surface area contributed by atoms with Crippen LogP contribution in [0, 0.1) is 0 Å². The molecule has 0 saturated carbocycles. The zero-order valence-electron chi connectivity index (χ0n) is 15.1. The van der Waals surface area contributed by atoms with Gasteiger partial charge in [0, 0.05) is 12.6 Å². The van der Waals surface area contributed by atoms with E-state index in [2.05, 4.69) is 16.0 Å². The number of nitrogens with one attached hydrogen (secondary N) is 3. The van der Waals surface area contributed by atoms with Crippen LogP contribution in [-0.4, -0.2) is 43.8 Å². The number of urea groups is 1. The van der Waals surface area contributed by atoms with Gasteiger partial charge in [-0.3, -0.25) is 4.79 Å². The molecule has 0 aromatic heterocycles. The molecule has 7 nitrogen and oxygen atoms in total. The maximum atomic E-state index is 11.9. The third-order valence-electron chi connectivity index (χ3n) is 4.05. The Balaban J connectivity index is 1.72. The molecular weight excluding hydrogens is 322 g/mol. The van der Waals surface area contributed by atoms with E-state index in [0.717, 1.165) is 23.5 Å². The Morgan fingerprint density at radius 1 is 1.12 bits per heavy atom. The molecule has 1 aromatic carbocycles. The molecule has 0 unspecified atom stereocenters. The number of benzene rings is 1. The van der Waals surface area contributed by atoms with Gasteiger partial charge in [-0.1, -0.05) is 13.0 Å². The molecule has 25 heavy (non-hydrogen) atoms. The third-order valence-corrected chi connectivity index (χ3v) is 4.05. The van der Waals surface area contributed by atoms with Crippen LogP contribution in [0.2, 0.25) is 0 Å². The Bertz CT molecular complexity index is 606. The van der Waals surface area contributed by atoms with E-state index in [9.17, 15) is 9.59 Å². The highest BCUT2D eigenvalue weighted by Gasteiger charge is 2.16. The highest BCUT2D eigenvalue weighted by atomic mass is 16.6. The first-order valence-corrected chi connectivity index (χ1v) is 8.73. The third kappa shape index (κ3) is 5.85. The highest BCUT2D eigenvalue weighted by Crippen LogP contribution is 2.30. The molecule has 0 aliphatic carbocycles. The van der Waals surface area contributed by atoms with Gasteiger partial charge in [0.1, 0.15) is 19.3 Å². The van der Waals surface area contributed by atoms with Gasteiger partial charge in [-0.2, -0.15) is 0 Å². The summed E-state index contributed by atoms with van der Waals surface area (Å²) in [4.78, 5) is 23.8. The summed E-state index contributed by atoms with van der Waals surface area (Å²) in [5, 5.41) is 8.24. The summed E-state index contributed by atoms with van der Waals surface area (Å²) in [6, 6.07) is 4.92. The largest absolute Gasteiger partial charge is 0.486 e. The Morgan fingerprint density at radius 3 is 2.56 bits per heavy atom. The van der Waals surface area contributed by atoms with Crippen LogP contribution < -0.4 is 25.4 Å². The predicted molar refractivity (Wildman–Crippen MR) is 95.0 cm³/mol. The van der Waals surface area contributed by atoms with E-state index in [1.807, 2.05) is 32.0 Å². The van der Waals surface area contributed by atoms with Gasteiger partial charge in [0.15, 0.2) is 11.5 Å². The average Bonchev–Trinajstić information content (AvgIpc) is 2.61. The normalized spacial score (nSPS) is 15.0. The fourth-order valence-electron chi connectivity index (χ4n) is 2.35. The molecule has 7 heteroatoms. The molecule has 1 aliphatic rings. The average molecular weight is 349 g/mol. The number of rotatable bonds is 7. The molecular formula is C18H27N3O4. The number of fused-ring (bicyclic) bond motifs is 1. The number of carbonyl (C=O) groups excluding carboxylic acids is 2. The quantitative estimate of drug-likeness (QED) is 0.698. The molecule has 2 rings (SSSR count). The molecule has 0 radical (unpaired) electrons. The van der Waals surface area contributed by atoms with Gasteiger partial charge >= 0.3 is 6.03 Å². The minimum absolute atomic E-state index is 0.0926. The van der Waals surface area contributed by atoms with Gasteiger partial charge in [-0.25, -0.2) is 4.79 Å². The van der Waals surface area contributed by atoms with Crippen molar-refractivity contribution in [2.45, 2.75) is 45.7 Å². The van der Waals surface area contributed by atoms with Crippen molar-refractivity contribution in [1.82, 2.24) is 16.0 Å². The van der Waals surface area contributed by atoms with Crippen LogP contribution in [0.1, 0.15) is 32.8 Å². The Kier molecular flexibility index (Phi) is 6.91. The van der Waals surface area contributed by atoms with Gasteiger partial charge in [-0.15, -0.1) is 0 Å². The van der Waals surface area contributed by atoms with Crippen molar-refractivity contribution in [3.05, 3.63) is 23.8 Å². The smallest absolute Gasteiger partial charge is 0.315 e. The summed E-state index contributed by atoms with van der Waals surface area (Å²) >= 11 is 0. The Labute approximate surface area is 148 Å². The van der Waals surface area contributed by atoms with E-state index in [0.29, 0.717) is 26.2 Å². The standard InChI is InChI=1S/C18H27N3O4/c1-4-12(2)20-17(22)13(3)21-18(23)19-8-7-14-5-6-15-16(11-14)25-10-9-24-15/h5-6,11-13H,4,7-10H2,1-3H3,(H,20,22)(H2,19,21,23)/t12-,13-/m0/s1. The number of hydrogen-bond donors (Lipinski definition) is 3. The van der Waals surface area contributed by atoms with Crippen LogP contribution in [-0.2, 0) is 11.2 Å². The topological polar surface area (TPSA) is 88.7 Å². The lowest BCUT2D eigenvalue weighted by atomic mass is 10.1. The summed E-state index contributed by atoms with van der Waals surface area (Å²) in [5.41, 5.74) is 1.05. The van der Waals surface area contributed by atoms with Crippen molar-refractivity contribution < 1.29 is 19.1 Å². The van der Waals surface area contributed by atoms with Gasteiger partial charge in [0.2, 0.25) is 5.91 Å². The second-order valence-corrected chi connectivity index (χ2v) is 6.17. The van der Waals surface area contributed by atoms with Gasteiger partial charge < -0.3 is 25.4 Å². The number of ether oxygens (including phenoxy) is 2. The van der Waals surface area contributed by atoms with Crippen molar-refractivity contribution in [1.29, 1.82) is 0 Å². The second-order valence-electron chi connectivity index (χ2n) is 6.17. The Morgan fingerprint density at radius 2 is 1.84 bits per heavy atom. The molecule has 3 amide bonds.